The maximum absolute atomic E-state index is 11.5. The Hall–Kier alpha value is -1.39. The molecule has 48 heavy (non-hydrogen) atoms. The van der Waals surface area contributed by atoms with Gasteiger partial charge in [-0.05, 0) is 76.8 Å². The van der Waals surface area contributed by atoms with Crippen LogP contribution in [-0.2, 0) is 46.2 Å². The normalized spacial score (nSPS) is 24.6. The average Bonchev–Trinajstić information content (AvgIpc) is 3.10. The van der Waals surface area contributed by atoms with Crippen LogP contribution in [0.25, 0.3) is 0 Å². The van der Waals surface area contributed by atoms with E-state index in [1.807, 2.05) is 0 Å². The zero-order chi connectivity index (χ0) is 36.3. The largest absolute Gasteiger partial charge is 0.462 e. The summed E-state index contributed by atoms with van der Waals surface area (Å²) in [5, 5.41) is -0.566. The predicted octanol–water partition coefficient (Wildman–Crippen LogP) is 7.65. The van der Waals surface area contributed by atoms with Gasteiger partial charge in [0, 0.05) is 53.8 Å². The molecule has 0 aliphatic carbocycles. The third-order valence-corrected chi connectivity index (χ3v) is 19.3. The zero-order valence-corrected chi connectivity index (χ0v) is 33.8. The highest BCUT2D eigenvalue weighted by molar-refractivity contribution is 6.71. The van der Waals surface area contributed by atoms with Gasteiger partial charge in [0.15, 0.2) is 0 Å². The first-order valence-electron chi connectivity index (χ1n) is 17.9. The summed E-state index contributed by atoms with van der Waals surface area (Å²) < 4.78 is 46.3. The second-order valence-electron chi connectivity index (χ2n) is 13.3. The molecule has 0 amide bonds. The molecular weight excluding hydrogens is 649 g/mol. The average molecular weight is 717 g/mol. The Balaban J connectivity index is 0.000000480. The van der Waals surface area contributed by atoms with Crippen LogP contribution in [0, 0.1) is 5.92 Å². The predicted molar refractivity (Wildman–Crippen MR) is 194 cm³/mol. The molecule has 2 heterocycles. The number of methoxy groups -OCH3 is 2. The van der Waals surface area contributed by atoms with Crippen LogP contribution < -0.4 is 0 Å². The lowest BCUT2D eigenvalue weighted by molar-refractivity contribution is -0.140. The Bertz CT molecular complexity index is 984. The second kappa shape index (κ2) is 22.4. The van der Waals surface area contributed by atoms with Crippen LogP contribution in [0.1, 0.15) is 111 Å². The molecule has 0 N–H and O–H groups in total. The van der Waals surface area contributed by atoms with E-state index in [-0.39, 0.29) is 22.4 Å². The molecule has 2 aliphatic heterocycles. The van der Waals surface area contributed by atoms with E-state index in [4.69, 9.17) is 36.7 Å². The number of carbonyl (C=O) groups excluding carboxylic acids is 2. The van der Waals surface area contributed by atoms with E-state index < -0.39 is 17.1 Å². The third-order valence-electron chi connectivity index (χ3n) is 10.4. The van der Waals surface area contributed by atoms with Crippen LogP contribution in [0.2, 0.25) is 12.1 Å². The molecule has 3 atom stereocenters. The van der Waals surface area contributed by atoms with Crippen molar-refractivity contribution in [2.75, 3.05) is 55.9 Å². The van der Waals surface area contributed by atoms with Crippen molar-refractivity contribution in [2.24, 2.45) is 5.92 Å². The summed E-state index contributed by atoms with van der Waals surface area (Å²) in [6, 6.07) is 1.97. The topological polar surface area (TPSA) is 108 Å². The molecule has 0 aromatic heterocycles. The molecule has 0 bridgehead atoms. The van der Waals surface area contributed by atoms with E-state index in [1.165, 1.54) is 6.42 Å². The number of hydrogen-bond donors (Lipinski definition) is 0. The van der Waals surface area contributed by atoms with Crippen molar-refractivity contribution >= 4 is 29.1 Å². The minimum Gasteiger partial charge on any atom is -0.462 e. The number of esters is 2. The monoisotopic (exact) mass is 716 g/mol. The van der Waals surface area contributed by atoms with Crippen molar-refractivity contribution in [1.82, 2.24) is 0 Å². The van der Waals surface area contributed by atoms with E-state index in [0.29, 0.717) is 30.3 Å². The fourth-order valence-corrected chi connectivity index (χ4v) is 16.0. The van der Waals surface area contributed by atoms with Gasteiger partial charge in [0.2, 0.25) is 0 Å². The first-order valence-corrected chi connectivity index (χ1v) is 21.9. The van der Waals surface area contributed by atoms with Crippen molar-refractivity contribution < 1.29 is 46.2 Å². The number of hydrogen-bond acceptors (Lipinski definition) is 10. The third kappa shape index (κ3) is 11.3. The fraction of sp³-hybridized carbons (Fsp3) is 0.833. The standard InChI is InChI=1S/2C18H34O5Si/c1-16(2)17(19)23-14-10-7-6-8-12-18(20-3)13-9-11-15-24(18,21-4)22-5;1-7-12-18(20-4)16(10-8-13-23-17(19)15(2)3)11-9-14-24(18,21-5)22-6/h1,6-15H2,2-5H3;16H,2,7-14H2,1,3-6H3. The SMILES string of the molecule is C=C(C)C(=O)OCCCC1CCC[Si](OC)(OC)C1(CCC)OC.C=C(C)C(=O)OCCCCCCC1(OC)CCCC[Si]1(OC)OC. The number of ether oxygens (including phenoxy) is 4. The molecule has 2 fully saturated rings. The van der Waals surface area contributed by atoms with Gasteiger partial charge in [-0.2, -0.15) is 0 Å². The Morgan fingerprint density at radius 3 is 1.73 bits per heavy atom. The van der Waals surface area contributed by atoms with Crippen molar-refractivity contribution in [2.45, 2.75) is 133 Å². The molecule has 10 nitrogen and oxygen atoms in total. The Morgan fingerprint density at radius 1 is 0.688 bits per heavy atom. The van der Waals surface area contributed by atoms with E-state index in [2.05, 4.69) is 20.1 Å². The Labute approximate surface area is 294 Å². The first kappa shape index (κ1) is 44.6. The van der Waals surface area contributed by atoms with Gasteiger partial charge in [0.1, 0.15) is 10.4 Å². The summed E-state index contributed by atoms with van der Waals surface area (Å²) in [5.41, 5.74) is 0.893. The molecule has 12 heteroatoms. The molecule has 280 valence electrons. The number of carbonyl (C=O) groups is 2. The van der Waals surface area contributed by atoms with Crippen molar-refractivity contribution in [3.05, 3.63) is 24.3 Å². The van der Waals surface area contributed by atoms with Crippen LogP contribution in [0.4, 0.5) is 0 Å². The highest BCUT2D eigenvalue weighted by Gasteiger charge is 2.62. The highest BCUT2D eigenvalue weighted by Crippen LogP contribution is 2.48. The van der Waals surface area contributed by atoms with Gasteiger partial charge in [0.25, 0.3) is 0 Å². The molecule has 3 unspecified atom stereocenters. The summed E-state index contributed by atoms with van der Waals surface area (Å²) >= 11 is 0. The van der Waals surface area contributed by atoms with Crippen LogP contribution in [0.5, 0.6) is 0 Å². The van der Waals surface area contributed by atoms with Gasteiger partial charge in [-0.1, -0.05) is 65.0 Å². The summed E-state index contributed by atoms with van der Waals surface area (Å²) in [6.45, 7) is 13.6. The van der Waals surface area contributed by atoms with Gasteiger partial charge in [-0.15, -0.1) is 0 Å². The van der Waals surface area contributed by atoms with Crippen LogP contribution in [0.3, 0.4) is 0 Å². The van der Waals surface area contributed by atoms with Crippen molar-refractivity contribution in [1.29, 1.82) is 0 Å². The highest BCUT2D eigenvalue weighted by atomic mass is 28.4. The Morgan fingerprint density at radius 2 is 1.23 bits per heavy atom. The van der Waals surface area contributed by atoms with E-state index >= 15 is 0 Å². The lowest BCUT2D eigenvalue weighted by Crippen LogP contribution is -2.68. The lowest BCUT2D eigenvalue weighted by Gasteiger charge is -2.52. The molecule has 2 rings (SSSR count). The molecule has 0 saturated carbocycles. The van der Waals surface area contributed by atoms with E-state index in [9.17, 15) is 9.59 Å². The summed E-state index contributed by atoms with van der Waals surface area (Å²) in [4.78, 5) is 22.8. The fourth-order valence-electron chi connectivity index (χ4n) is 7.83. The summed E-state index contributed by atoms with van der Waals surface area (Å²) in [7, 11) is 5.88. The summed E-state index contributed by atoms with van der Waals surface area (Å²) in [5.74, 6) is -0.250. The van der Waals surface area contributed by atoms with Gasteiger partial charge in [0.05, 0.1) is 13.2 Å². The van der Waals surface area contributed by atoms with Gasteiger partial charge < -0.3 is 36.7 Å². The summed E-state index contributed by atoms with van der Waals surface area (Å²) in [6.07, 6.45) is 14.3. The quantitative estimate of drug-likeness (QED) is 0.0509. The lowest BCUT2D eigenvalue weighted by atomic mass is 9.88. The van der Waals surface area contributed by atoms with E-state index in [1.54, 1.807) is 56.5 Å². The van der Waals surface area contributed by atoms with Crippen LogP contribution >= 0.6 is 0 Å². The minimum atomic E-state index is -2.44. The minimum absolute atomic E-state index is 0.235. The molecule has 0 radical (unpaired) electrons. The number of unbranched alkanes of at least 4 members (excludes halogenated alkanes) is 3. The van der Waals surface area contributed by atoms with Gasteiger partial charge >= 0.3 is 29.1 Å². The molecule has 2 aliphatic rings. The molecule has 0 spiro atoms. The van der Waals surface area contributed by atoms with Crippen molar-refractivity contribution in [3.8, 4) is 0 Å². The van der Waals surface area contributed by atoms with Crippen LogP contribution in [0.15, 0.2) is 24.3 Å². The van der Waals surface area contributed by atoms with Gasteiger partial charge in [-0.25, -0.2) is 9.59 Å². The van der Waals surface area contributed by atoms with E-state index in [0.717, 1.165) is 95.6 Å². The molecule has 0 aromatic rings. The van der Waals surface area contributed by atoms with Gasteiger partial charge in [-0.3, -0.25) is 0 Å². The smallest absolute Gasteiger partial charge is 0.371 e. The molecular formula is C36H68O10Si2. The first-order chi connectivity index (χ1) is 22.9. The maximum Gasteiger partial charge on any atom is 0.371 e. The number of rotatable bonds is 21. The van der Waals surface area contributed by atoms with Crippen LogP contribution in [-0.4, -0.2) is 95.4 Å². The maximum atomic E-state index is 11.5. The van der Waals surface area contributed by atoms with Crippen molar-refractivity contribution in [3.63, 3.8) is 0 Å². The Kier molecular flexibility index (Phi) is 20.9. The molecule has 2 saturated heterocycles. The zero-order valence-electron chi connectivity index (χ0n) is 31.8. The second-order valence-corrected chi connectivity index (χ2v) is 20.7. The molecule has 0 aromatic carbocycles.